The second-order valence-electron chi connectivity index (χ2n) is 7.99. The van der Waals surface area contributed by atoms with E-state index in [1.165, 1.54) is 0 Å². The SMILES string of the molecule is CCC[C@H]1[C@H]2C[C@H](CN(C(=O)c3ccc4c(c3)OCO4)C2)c2cccc(=O)n21. The Morgan fingerprint density at radius 1 is 1.14 bits per heavy atom. The smallest absolute Gasteiger partial charge is 0.254 e. The number of amides is 1. The molecule has 5 rings (SSSR count). The number of fused-ring (bicyclic) bond motifs is 5. The van der Waals surface area contributed by atoms with Crippen LogP contribution in [0.4, 0.5) is 0 Å². The molecule has 1 amide bonds. The number of carbonyl (C=O) groups excluding carboxylic acids is 1. The van der Waals surface area contributed by atoms with Gasteiger partial charge in [0, 0.05) is 42.4 Å². The molecule has 146 valence electrons. The lowest BCUT2D eigenvalue weighted by Gasteiger charge is -2.47. The Labute approximate surface area is 163 Å². The molecule has 1 aromatic carbocycles. The average molecular weight is 380 g/mol. The highest BCUT2D eigenvalue weighted by Crippen LogP contribution is 2.43. The number of carbonyl (C=O) groups is 1. The van der Waals surface area contributed by atoms with Crippen LogP contribution in [-0.4, -0.2) is 35.3 Å². The van der Waals surface area contributed by atoms with E-state index in [0.29, 0.717) is 36.1 Å². The minimum Gasteiger partial charge on any atom is -0.454 e. The molecule has 0 aliphatic carbocycles. The van der Waals surface area contributed by atoms with Gasteiger partial charge in [0.1, 0.15) is 0 Å². The molecular weight excluding hydrogens is 356 g/mol. The van der Waals surface area contributed by atoms with Gasteiger partial charge >= 0.3 is 0 Å². The van der Waals surface area contributed by atoms with Gasteiger partial charge in [0.2, 0.25) is 6.79 Å². The highest BCUT2D eigenvalue weighted by Gasteiger charge is 2.41. The molecule has 3 atom stereocenters. The van der Waals surface area contributed by atoms with Crippen LogP contribution in [0.5, 0.6) is 11.5 Å². The number of piperidine rings is 1. The molecule has 3 aliphatic heterocycles. The van der Waals surface area contributed by atoms with E-state index in [2.05, 4.69) is 13.0 Å². The van der Waals surface area contributed by atoms with E-state index < -0.39 is 0 Å². The van der Waals surface area contributed by atoms with Gasteiger partial charge in [-0.15, -0.1) is 0 Å². The van der Waals surface area contributed by atoms with Crippen LogP contribution in [-0.2, 0) is 0 Å². The summed E-state index contributed by atoms with van der Waals surface area (Å²) in [5.41, 5.74) is 1.79. The van der Waals surface area contributed by atoms with Crippen molar-refractivity contribution in [2.24, 2.45) is 5.92 Å². The van der Waals surface area contributed by atoms with Crippen molar-refractivity contribution in [3.63, 3.8) is 0 Å². The van der Waals surface area contributed by atoms with Crippen LogP contribution in [0.25, 0.3) is 0 Å². The first kappa shape index (κ1) is 17.3. The second kappa shape index (κ2) is 6.69. The van der Waals surface area contributed by atoms with E-state index in [1.54, 1.807) is 18.2 Å². The zero-order chi connectivity index (χ0) is 19.3. The largest absolute Gasteiger partial charge is 0.454 e. The summed E-state index contributed by atoms with van der Waals surface area (Å²) in [5.74, 6) is 1.85. The number of ether oxygens (including phenoxy) is 2. The first-order chi connectivity index (χ1) is 13.7. The predicted octanol–water partition coefficient (Wildman–Crippen LogP) is 3.18. The van der Waals surface area contributed by atoms with Gasteiger partial charge < -0.3 is 18.9 Å². The monoisotopic (exact) mass is 380 g/mol. The summed E-state index contributed by atoms with van der Waals surface area (Å²) in [6.45, 7) is 3.68. The Kier molecular flexibility index (Phi) is 4.14. The highest BCUT2D eigenvalue weighted by molar-refractivity contribution is 5.95. The molecule has 1 fully saturated rings. The van der Waals surface area contributed by atoms with Crippen molar-refractivity contribution in [1.82, 2.24) is 9.47 Å². The Morgan fingerprint density at radius 2 is 2.00 bits per heavy atom. The zero-order valence-electron chi connectivity index (χ0n) is 16.0. The topological polar surface area (TPSA) is 60.8 Å². The third-order valence-electron chi connectivity index (χ3n) is 6.29. The molecule has 6 heteroatoms. The third kappa shape index (κ3) is 2.70. The molecule has 0 radical (unpaired) electrons. The van der Waals surface area contributed by atoms with Gasteiger partial charge in [0.05, 0.1) is 0 Å². The zero-order valence-corrected chi connectivity index (χ0v) is 16.0. The Bertz CT molecular complexity index is 983. The lowest BCUT2D eigenvalue weighted by molar-refractivity contribution is 0.0518. The fraction of sp³-hybridized carbons (Fsp3) is 0.455. The van der Waals surface area contributed by atoms with Crippen LogP contribution < -0.4 is 15.0 Å². The van der Waals surface area contributed by atoms with Crippen LogP contribution in [0.15, 0.2) is 41.2 Å². The van der Waals surface area contributed by atoms with Gasteiger partial charge in [0.15, 0.2) is 11.5 Å². The third-order valence-corrected chi connectivity index (χ3v) is 6.29. The van der Waals surface area contributed by atoms with Gasteiger partial charge in [-0.25, -0.2) is 0 Å². The van der Waals surface area contributed by atoms with Gasteiger partial charge in [-0.1, -0.05) is 19.4 Å². The van der Waals surface area contributed by atoms with Crippen molar-refractivity contribution < 1.29 is 14.3 Å². The highest BCUT2D eigenvalue weighted by atomic mass is 16.7. The van der Waals surface area contributed by atoms with Gasteiger partial charge in [0.25, 0.3) is 11.5 Å². The molecule has 2 aromatic rings. The molecule has 0 N–H and O–H groups in total. The maximum absolute atomic E-state index is 13.2. The molecule has 4 heterocycles. The summed E-state index contributed by atoms with van der Waals surface area (Å²) in [6, 6.07) is 11.1. The molecule has 2 bridgehead atoms. The van der Waals surface area contributed by atoms with Crippen molar-refractivity contribution >= 4 is 5.91 Å². The summed E-state index contributed by atoms with van der Waals surface area (Å²) >= 11 is 0. The van der Waals surface area contributed by atoms with Gasteiger partial charge in [-0.3, -0.25) is 9.59 Å². The molecule has 1 saturated heterocycles. The van der Waals surface area contributed by atoms with Crippen LogP contribution in [0, 0.1) is 5.92 Å². The number of hydrogen-bond acceptors (Lipinski definition) is 4. The second-order valence-corrected chi connectivity index (χ2v) is 7.99. The van der Waals surface area contributed by atoms with Crippen LogP contribution in [0.1, 0.15) is 54.2 Å². The normalized spacial score (nSPS) is 24.8. The summed E-state index contributed by atoms with van der Waals surface area (Å²) in [4.78, 5) is 27.8. The van der Waals surface area contributed by atoms with E-state index in [-0.39, 0.29) is 30.2 Å². The molecule has 0 spiro atoms. The molecule has 3 aliphatic rings. The number of hydrogen-bond donors (Lipinski definition) is 0. The van der Waals surface area contributed by atoms with E-state index >= 15 is 0 Å². The lowest BCUT2D eigenvalue weighted by atomic mass is 9.77. The fourth-order valence-corrected chi connectivity index (χ4v) is 5.09. The number of rotatable bonds is 3. The molecular formula is C22H24N2O4. The number of likely N-dealkylation sites (tertiary alicyclic amines) is 1. The number of nitrogens with zero attached hydrogens (tertiary/aromatic N) is 2. The maximum atomic E-state index is 13.2. The molecule has 0 unspecified atom stereocenters. The summed E-state index contributed by atoms with van der Waals surface area (Å²) in [5, 5.41) is 0. The van der Waals surface area contributed by atoms with E-state index in [4.69, 9.17) is 9.47 Å². The summed E-state index contributed by atoms with van der Waals surface area (Å²) in [7, 11) is 0. The first-order valence-corrected chi connectivity index (χ1v) is 10.1. The van der Waals surface area contributed by atoms with Crippen LogP contribution in [0.2, 0.25) is 0 Å². The summed E-state index contributed by atoms with van der Waals surface area (Å²) in [6.07, 6.45) is 3.02. The van der Waals surface area contributed by atoms with Crippen molar-refractivity contribution in [1.29, 1.82) is 0 Å². The fourth-order valence-electron chi connectivity index (χ4n) is 5.09. The lowest BCUT2D eigenvalue weighted by Crippen LogP contribution is -2.51. The summed E-state index contributed by atoms with van der Waals surface area (Å²) < 4.78 is 12.8. The molecule has 28 heavy (non-hydrogen) atoms. The van der Waals surface area contributed by atoms with E-state index in [0.717, 1.165) is 25.0 Å². The maximum Gasteiger partial charge on any atom is 0.254 e. The van der Waals surface area contributed by atoms with Crippen LogP contribution in [0.3, 0.4) is 0 Å². The minimum absolute atomic E-state index is 0.0231. The van der Waals surface area contributed by atoms with Crippen LogP contribution >= 0.6 is 0 Å². The van der Waals surface area contributed by atoms with Crippen molar-refractivity contribution in [3.05, 3.63) is 58.0 Å². The number of aromatic nitrogens is 1. The molecule has 1 aromatic heterocycles. The van der Waals surface area contributed by atoms with Gasteiger partial charge in [-0.05, 0) is 43.0 Å². The van der Waals surface area contributed by atoms with Crippen molar-refractivity contribution in [3.8, 4) is 11.5 Å². The van der Waals surface area contributed by atoms with E-state index in [1.807, 2.05) is 21.6 Å². The Hall–Kier alpha value is -2.76. The molecule has 0 saturated carbocycles. The standard InChI is InChI=1S/C22H24N2O4/c1-2-4-17-15-9-16(18-5-3-6-21(25)24(17)18)12-23(11-15)22(26)14-7-8-19-20(10-14)28-13-27-19/h3,5-8,10,15-17H,2,4,9,11-13H2,1H3/t15-,16+,17-/m0/s1. The van der Waals surface area contributed by atoms with E-state index in [9.17, 15) is 9.59 Å². The Morgan fingerprint density at radius 3 is 2.86 bits per heavy atom. The average Bonchev–Trinajstić information content (AvgIpc) is 3.18. The Balaban J connectivity index is 1.47. The van der Waals surface area contributed by atoms with Crippen molar-refractivity contribution in [2.75, 3.05) is 19.9 Å². The molecule has 6 nitrogen and oxygen atoms in total. The first-order valence-electron chi connectivity index (χ1n) is 10.1. The minimum atomic E-state index is 0.0231. The number of pyridine rings is 1. The predicted molar refractivity (Wildman–Crippen MR) is 104 cm³/mol. The van der Waals surface area contributed by atoms with Crippen molar-refractivity contribution in [2.45, 2.75) is 38.1 Å². The number of benzene rings is 1. The van der Waals surface area contributed by atoms with Gasteiger partial charge in [-0.2, -0.15) is 0 Å². The quantitative estimate of drug-likeness (QED) is 0.821.